The van der Waals surface area contributed by atoms with Gasteiger partial charge in [-0.2, -0.15) is 0 Å². The van der Waals surface area contributed by atoms with Gasteiger partial charge in [0.25, 0.3) is 0 Å². The van der Waals surface area contributed by atoms with Crippen LogP contribution in [0.1, 0.15) is 284 Å². The van der Waals surface area contributed by atoms with Gasteiger partial charge in [0.05, 0.1) is 25.4 Å². The van der Waals surface area contributed by atoms with Crippen LogP contribution >= 0.6 is 0 Å². The zero-order valence-corrected chi connectivity index (χ0v) is 40.2. The predicted molar refractivity (Wildman–Crippen MR) is 260 cm³/mol. The molecule has 2 atom stereocenters. The maximum Gasteiger partial charge on any atom is 0.305 e. The number of aliphatic hydroxyl groups excluding tert-OH is 2. The molecule has 0 heterocycles. The van der Waals surface area contributed by atoms with Gasteiger partial charge >= 0.3 is 5.97 Å². The van der Waals surface area contributed by atoms with Crippen LogP contribution in [0, 0.1) is 0 Å². The standard InChI is InChI=1S/C54H103NO5/c1-3-5-7-9-11-13-15-17-19-20-21-22-23-24-25-27-30-34-38-42-46-52(57)51(50-56)55-53(58)47-43-39-35-31-29-33-37-41-45-49-60-54(59)48-44-40-36-32-28-26-18-16-14-12-10-8-6-4-2/h16,18,42,46,51-52,56-57H,3-15,17,19-41,43-45,47-50H2,1-2H3,(H,55,58)/b18-16-,46-42+. The molecule has 0 saturated carbocycles. The van der Waals surface area contributed by atoms with Gasteiger partial charge in [-0.15, -0.1) is 0 Å². The monoisotopic (exact) mass is 846 g/mol. The van der Waals surface area contributed by atoms with Crippen molar-refractivity contribution in [2.75, 3.05) is 13.2 Å². The lowest BCUT2D eigenvalue weighted by atomic mass is 10.0. The van der Waals surface area contributed by atoms with Gasteiger partial charge in [-0.25, -0.2) is 0 Å². The number of esters is 1. The Bertz CT molecular complexity index is 935. The third kappa shape index (κ3) is 45.9. The quantitative estimate of drug-likeness (QED) is 0.0322. The molecule has 3 N–H and O–H groups in total. The summed E-state index contributed by atoms with van der Waals surface area (Å²) < 4.78 is 5.44. The Labute approximate surface area is 373 Å². The Hall–Kier alpha value is -1.66. The van der Waals surface area contributed by atoms with Crippen LogP contribution in [0.4, 0.5) is 0 Å². The summed E-state index contributed by atoms with van der Waals surface area (Å²) in [5, 5.41) is 23.1. The van der Waals surface area contributed by atoms with Crippen molar-refractivity contribution in [1.82, 2.24) is 5.32 Å². The van der Waals surface area contributed by atoms with Crippen LogP contribution in [0.25, 0.3) is 0 Å². The second kappa shape index (κ2) is 50.0. The highest BCUT2D eigenvalue weighted by Gasteiger charge is 2.18. The second-order valence-electron chi connectivity index (χ2n) is 18.2. The fourth-order valence-electron chi connectivity index (χ4n) is 8.10. The van der Waals surface area contributed by atoms with E-state index in [2.05, 4.69) is 31.3 Å². The summed E-state index contributed by atoms with van der Waals surface area (Å²) in [5.41, 5.74) is 0. The fraction of sp³-hybridized carbons (Fsp3) is 0.889. The minimum Gasteiger partial charge on any atom is -0.466 e. The molecular weight excluding hydrogens is 743 g/mol. The van der Waals surface area contributed by atoms with Gasteiger partial charge in [0.2, 0.25) is 5.91 Å². The van der Waals surface area contributed by atoms with E-state index in [0.717, 1.165) is 57.8 Å². The van der Waals surface area contributed by atoms with Crippen molar-refractivity contribution in [3.05, 3.63) is 24.3 Å². The van der Waals surface area contributed by atoms with Gasteiger partial charge in [-0.3, -0.25) is 9.59 Å². The topological polar surface area (TPSA) is 95.9 Å². The zero-order chi connectivity index (χ0) is 43.7. The number of rotatable bonds is 49. The van der Waals surface area contributed by atoms with Crippen molar-refractivity contribution in [3.63, 3.8) is 0 Å². The predicted octanol–water partition coefficient (Wildman–Crippen LogP) is 15.9. The van der Waals surface area contributed by atoms with Gasteiger partial charge in [0, 0.05) is 12.8 Å². The summed E-state index contributed by atoms with van der Waals surface area (Å²) in [5.74, 6) is -0.130. The zero-order valence-electron chi connectivity index (χ0n) is 40.2. The maximum atomic E-state index is 12.4. The Balaban J connectivity index is 3.53. The first-order chi connectivity index (χ1) is 29.5. The number of amides is 1. The Morgan fingerprint density at radius 2 is 0.783 bits per heavy atom. The molecule has 1 amide bonds. The Morgan fingerprint density at radius 1 is 0.450 bits per heavy atom. The van der Waals surface area contributed by atoms with Crippen LogP contribution in [-0.2, 0) is 14.3 Å². The van der Waals surface area contributed by atoms with E-state index in [1.165, 1.54) is 199 Å². The lowest BCUT2D eigenvalue weighted by Crippen LogP contribution is -2.45. The van der Waals surface area contributed by atoms with Gasteiger partial charge in [0.15, 0.2) is 0 Å². The number of ether oxygens (including phenoxy) is 1. The first-order valence-corrected chi connectivity index (χ1v) is 26.6. The lowest BCUT2D eigenvalue weighted by molar-refractivity contribution is -0.143. The third-order valence-electron chi connectivity index (χ3n) is 12.2. The molecule has 60 heavy (non-hydrogen) atoms. The number of hydrogen-bond acceptors (Lipinski definition) is 5. The highest BCUT2D eigenvalue weighted by molar-refractivity contribution is 5.76. The molecule has 0 aliphatic rings. The molecule has 0 bridgehead atoms. The van der Waals surface area contributed by atoms with E-state index in [9.17, 15) is 19.8 Å². The number of aliphatic hydroxyl groups is 2. The highest BCUT2D eigenvalue weighted by atomic mass is 16.5. The first-order valence-electron chi connectivity index (χ1n) is 26.6. The summed E-state index contributed by atoms with van der Waals surface area (Å²) in [7, 11) is 0. The molecule has 0 aromatic heterocycles. The van der Waals surface area contributed by atoms with E-state index in [0.29, 0.717) is 19.4 Å². The molecule has 0 aliphatic carbocycles. The number of nitrogens with one attached hydrogen (secondary N) is 1. The van der Waals surface area contributed by atoms with E-state index >= 15 is 0 Å². The van der Waals surface area contributed by atoms with Gasteiger partial charge in [-0.05, 0) is 57.8 Å². The van der Waals surface area contributed by atoms with Crippen LogP contribution in [0.2, 0.25) is 0 Å². The summed E-state index contributed by atoms with van der Waals surface area (Å²) in [6.07, 6.45) is 58.9. The molecule has 0 fully saturated rings. The minimum absolute atomic E-state index is 0.0355. The number of unbranched alkanes of at least 4 members (excludes halogenated alkanes) is 36. The average molecular weight is 846 g/mol. The summed E-state index contributed by atoms with van der Waals surface area (Å²) >= 11 is 0. The molecule has 0 aromatic carbocycles. The van der Waals surface area contributed by atoms with Gasteiger partial charge < -0.3 is 20.3 Å². The van der Waals surface area contributed by atoms with Crippen LogP contribution in [-0.4, -0.2) is 47.4 Å². The molecule has 6 nitrogen and oxygen atoms in total. The van der Waals surface area contributed by atoms with Gasteiger partial charge in [-0.1, -0.05) is 237 Å². The minimum atomic E-state index is -0.862. The van der Waals surface area contributed by atoms with Crippen molar-refractivity contribution in [2.45, 2.75) is 296 Å². The normalized spacial score (nSPS) is 12.8. The summed E-state index contributed by atoms with van der Waals surface area (Å²) in [6, 6.07) is -0.648. The van der Waals surface area contributed by atoms with Crippen LogP contribution in [0.15, 0.2) is 24.3 Å². The lowest BCUT2D eigenvalue weighted by Gasteiger charge is -2.20. The third-order valence-corrected chi connectivity index (χ3v) is 12.2. The van der Waals surface area contributed by atoms with Crippen molar-refractivity contribution in [3.8, 4) is 0 Å². The molecule has 6 heteroatoms. The van der Waals surface area contributed by atoms with Crippen LogP contribution in [0.3, 0.4) is 0 Å². The molecule has 0 aromatic rings. The van der Waals surface area contributed by atoms with Gasteiger partial charge in [0.1, 0.15) is 0 Å². The Kier molecular flexibility index (Phi) is 48.6. The second-order valence-corrected chi connectivity index (χ2v) is 18.2. The summed E-state index contributed by atoms with van der Waals surface area (Å²) in [4.78, 5) is 24.5. The SMILES string of the molecule is CCCCCCC/C=C\CCCCCCCC(=O)OCCCCCCCCCCCC(=O)NC(CO)C(O)/C=C/CCCCCCCCCCCCCCCCCCCC. The molecule has 0 aliphatic heterocycles. The maximum absolute atomic E-state index is 12.4. The molecule has 0 radical (unpaired) electrons. The fourth-order valence-corrected chi connectivity index (χ4v) is 8.10. The van der Waals surface area contributed by atoms with Crippen molar-refractivity contribution in [1.29, 1.82) is 0 Å². The Morgan fingerprint density at radius 3 is 1.18 bits per heavy atom. The van der Waals surface area contributed by atoms with E-state index in [1.54, 1.807) is 6.08 Å². The van der Waals surface area contributed by atoms with Crippen molar-refractivity contribution < 1.29 is 24.5 Å². The van der Waals surface area contributed by atoms with Crippen molar-refractivity contribution >= 4 is 11.9 Å². The molecule has 0 saturated heterocycles. The smallest absolute Gasteiger partial charge is 0.305 e. The molecule has 0 spiro atoms. The molecule has 2 unspecified atom stereocenters. The van der Waals surface area contributed by atoms with E-state index in [4.69, 9.17) is 4.74 Å². The van der Waals surface area contributed by atoms with Crippen LogP contribution < -0.4 is 5.32 Å². The van der Waals surface area contributed by atoms with Crippen LogP contribution in [0.5, 0.6) is 0 Å². The number of carbonyl (C=O) groups excluding carboxylic acids is 2. The van der Waals surface area contributed by atoms with E-state index in [-0.39, 0.29) is 18.5 Å². The molecule has 354 valence electrons. The van der Waals surface area contributed by atoms with E-state index < -0.39 is 12.1 Å². The number of hydrogen-bond donors (Lipinski definition) is 3. The highest BCUT2D eigenvalue weighted by Crippen LogP contribution is 2.16. The largest absolute Gasteiger partial charge is 0.466 e. The first kappa shape index (κ1) is 58.3. The molecule has 0 rings (SSSR count). The van der Waals surface area contributed by atoms with Crippen molar-refractivity contribution in [2.24, 2.45) is 0 Å². The average Bonchev–Trinajstić information content (AvgIpc) is 3.25. The van der Waals surface area contributed by atoms with E-state index in [1.807, 2.05) is 6.08 Å². The number of carbonyl (C=O) groups is 2. The molecular formula is C54H103NO5. The number of allylic oxidation sites excluding steroid dienone is 3. The summed E-state index contributed by atoms with van der Waals surface area (Å²) in [6.45, 7) is 4.83.